The van der Waals surface area contributed by atoms with Crippen LogP contribution in [-0.2, 0) is 19.2 Å². The fourth-order valence-corrected chi connectivity index (χ4v) is 4.28. The maximum absolute atomic E-state index is 12.6. The fraction of sp³-hybridized carbons (Fsp3) is 0.400. The third-order valence-electron chi connectivity index (χ3n) is 6.08. The molecule has 0 heterocycles. The molecule has 2 amide bonds. The minimum absolute atomic E-state index is 0.0996. The van der Waals surface area contributed by atoms with Gasteiger partial charge >= 0.3 is 12.1 Å². The van der Waals surface area contributed by atoms with Crippen LogP contribution in [0.4, 0.5) is 4.79 Å². The van der Waals surface area contributed by atoms with Crippen LogP contribution in [-0.4, -0.2) is 67.4 Å². The third-order valence-corrected chi connectivity index (χ3v) is 6.08. The monoisotopic (exact) mass is 467 g/mol. The Kier molecular flexibility index (Phi) is 7.14. The number of hydrogen-bond donors (Lipinski definition) is 3. The van der Waals surface area contributed by atoms with Crippen molar-refractivity contribution in [2.75, 3.05) is 27.2 Å². The van der Waals surface area contributed by atoms with Crippen molar-refractivity contribution in [1.29, 1.82) is 0 Å². The van der Waals surface area contributed by atoms with Crippen LogP contribution in [0.15, 0.2) is 48.5 Å². The molecule has 9 heteroatoms. The molecule has 0 bridgehead atoms. The molecule has 1 fully saturated rings. The number of carboxylic acids is 1. The number of alkyl carbamates (subject to hydrolysis) is 1. The van der Waals surface area contributed by atoms with Crippen LogP contribution in [0.25, 0.3) is 11.1 Å². The molecular weight excluding hydrogens is 438 g/mol. The molecule has 180 valence electrons. The van der Waals surface area contributed by atoms with Gasteiger partial charge in [0.2, 0.25) is 0 Å². The van der Waals surface area contributed by atoms with Gasteiger partial charge in [0.25, 0.3) is 5.91 Å². The molecule has 0 aliphatic heterocycles. The predicted molar refractivity (Wildman–Crippen MR) is 124 cm³/mol. The van der Waals surface area contributed by atoms with Crippen molar-refractivity contribution in [2.24, 2.45) is 5.92 Å². The fourth-order valence-electron chi connectivity index (χ4n) is 4.28. The highest BCUT2D eigenvalue weighted by Gasteiger charge is 2.38. The van der Waals surface area contributed by atoms with E-state index in [0.717, 1.165) is 35.1 Å². The molecule has 4 rings (SSSR count). The van der Waals surface area contributed by atoms with Gasteiger partial charge in [-0.15, -0.1) is 0 Å². The van der Waals surface area contributed by atoms with E-state index in [1.165, 1.54) is 0 Å². The molecule has 0 spiro atoms. The van der Waals surface area contributed by atoms with Crippen LogP contribution in [0.2, 0.25) is 0 Å². The highest BCUT2D eigenvalue weighted by atomic mass is 16.7. The summed E-state index contributed by atoms with van der Waals surface area (Å²) in [6, 6.07) is 15.1. The van der Waals surface area contributed by atoms with Crippen molar-refractivity contribution in [1.82, 2.24) is 15.7 Å². The molecule has 0 aromatic heterocycles. The molecular formula is C25H29N3O6. The number of hydrogen-bond acceptors (Lipinski definition) is 6. The van der Waals surface area contributed by atoms with Crippen LogP contribution in [0.5, 0.6) is 0 Å². The highest BCUT2D eigenvalue weighted by Crippen LogP contribution is 2.44. The summed E-state index contributed by atoms with van der Waals surface area (Å²) < 4.78 is 5.53. The van der Waals surface area contributed by atoms with Gasteiger partial charge < -0.3 is 20.1 Å². The Balaban J connectivity index is 1.37. The SMILES string of the molecule is CN(C)CC(NC(=O)OCC1c2ccccc2-c2ccccc21)C(=O)NOC(C(=O)O)C1CC1. The van der Waals surface area contributed by atoms with E-state index in [4.69, 9.17) is 9.57 Å². The molecule has 9 nitrogen and oxygen atoms in total. The zero-order chi connectivity index (χ0) is 24.2. The molecule has 0 radical (unpaired) electrons. The zero-order valence-electron chi connectivity index (χ0n) is 19.2. The van der Waals surface area contributed by atoms with E-state index in [1.54, 1.807) is 19.0 Å². The van der Waals surface area contributed by atoms with Gasteiger partial charge in [0.15, 0.2) is 6.10 Å². The summed E-state index contributed by atoms with van der Waals surface area (Å²) in [7, 11) is 3.51. The van der Waals surface area contributed by atoms with Gasteiger partial charge in [-0.3, -0.25) is 9.63 Å². The van der Waals surface area contributed by atoms with Gasteiger partial charge in [0.1, 0.15) is 12.6 Å². The second kappa shape index (κ2) is 10.2. The number of nitrogens with zero attached hydrogens (tertiary/aromatic N) is 1. The normalized spacial score (nSPS) is 16.3. The lowest BCUT2D eigenvalue weighted by atomic mass is 9.98. The van der Waals surface area contributed by atoms with Gasteiger partial charge in [-0.05, 0) is 55.1 Å². The second-order valence-corrected chi connectivity index (χ2v) is 8.97. The van der Waals surface area contributed by atoms with E-state index in [9.17, 15) is 19.5 Å². The van der Waals surface area contributed by atoms with E-state index in [1.807, 2.05) is 36.4 Å². The minimum atomic E-state index is -1.13. The Morgan fingerprint density at radius 3 is 2.15 bits per heavy atom. The largest absolute Gasteiger partial charge is 0.479 e. The average Bonchev–Trinajstić information content (AvgIpc) is 3.59. The topological polar surface area (TPSA) is 117 Å². The number of amides is 2. The number of likely N-dealkylation sites (N-methyl/N-ethyl adjacent to an activating group) is 1. The van der Waals surface area contributed by atoms with E-state index in [-0.39, 0.29) is 25.0 Å². The lowest BCUT2D eigenvalue weighted by molar-refractivity contribution is -0.163. The maximum atomic E-state index is 12.6. The Morgan fingerprint density at radius 2 is 1.62 bits per heavy atom. The Hall–Kier alpha value is -3.43. The van der Waals surface area contributed by atoms with Crippen molar-refractivity contribution in [3.05, 3.63) is 59.7 Å². The molecule has 2 aliphatic rings. The number of fused-ring (bicyclic) bond motifs is 3. The lowest BCUT2D eigenvalue weighted by Crippen LogP contribution is -2.52. The van der Waals surface area contributed by atoms with Gasteiger partial charge in [-0.25, -0.2) is 15.1 Å². The number of nitrogens with one attached hydrogen (secondary N) is 2. The van der Waals surface area contributed by atoms with Crippen LogP contribution in [0.1, 0.15) is 29.9 Å². The number of aliphatic carboxylic acids is 1. The van der Waals surface area contributed by atoms with Crippen LogP contribution >= 0.6 is 0 Å². The molecule has 2 atom stereocenters. The van der Waals surface area contributed by atoms with Crippen LogP contribution in [0.3, 0.4) is 0 Å². The van der Waals surface area contributed by atoms with E-state index in [0.29, 0.717) is 0 Å². The summed E-state index contributed by atoms with van der Waals surface area (Å²) in [6.45, 7) is 0.302. The van der Waals surface area contributed by atoms with Crippen LogP contribution in [0, 0.1) is 5.92 Å². The summed E-state index contributed by atoms with van der Waals surface area (Å²) >= 11 is 0. The molecule has 1 saturated carbocycles. The van der Waals surface area contributed by atoms with Gasteiger partial charge in [0, 0.05) is 12.5 Å². The summed E-state index contributed by atoms with van der Waals surface area (Å²) in [4.78, 5) is 43.5. The first-order chi connectivity index (χ1) is 16.3. The molecule has 2 aromatic carbocycles. The molecule has 2 aromatic rings. The summed E-state index contributed by atoms with van der Waals surface area (Å²) in [6.07, 6.45) is -0.350. The number of benzene rings is 2. The number of carbonyl (C=O) groups is 3. The third kappa shape index (κ3) is 5.37. The van der Waals surface area contributed by atoms with Crippen molar-refractivity contribution in [3.63, 3.8) is 0 Å². The number of ether oxygens (including phenoxy) is 1. The first-order valence-corrected chi connectivity index (χ1v) is 11.3. The Bertz CT molecular complexity index is 1020. The second-order valence-electron chi connectivity index (χ2n) is 8.97. The van der Waals surface area contributed by atoms with E-state index >= 15 is 0 Å². The van der Waals surface area contributed by atoms with Gasteiger partial charge in [-0.1, -0.05) is 48.5 Å². The van der Waals surface area contributed by atoms with Crippen molar-refractivity contribution in [2.45, 2.75) is 30.9 Å². The Labute approximate surface area is 198 Å². The van der Waals surface area contributed by atoms with Gasteiger partial charge in [0.05, 0.1) is 0 Å². The zero-order valence-corrected chi connectivity index (χ0v) is 19.2. The van der Waals surface area contributed by atoms with E-state index < -0.39 is 30.1 Å². The lowest BCUT2D eigenvalue weighted by Gasteiger charge is -2.23. The highest BCUT2D eigenvalue weighted by molar-refractivity contribution is 5.85. The number of carboxylic acid groups (broad SMARTS) is 1. The molecule has 2 aliphatic carbocycles. The molecule has 0 saturated heterocycles. The molecule has 34 heavy (non-hydrogen) atoms. The predicted octanol–water partition coefficient (Wildman–Crippen LogP) is 2.37. The number of rotatable bonds is 10. The Morgan fingerprint density at radius 1 is 1.03 bits per heavy atom. The first kappa shape index (κ1) is 23.7. The number of hydroxylamine groups is 1. The quantitative estimate of drug-likeness (QED) is 0.459. The standard InChI is InChI=1S/C25H29N3O6/c1-28(2)13-21(23(29)27-34-22(24(30)31)15-11-12-15)26-25(32)33-14-20-18-9-5-3-7-16(18)17-8-4-6-10-19(17)20/h3-10,15,20-22H,11-14H2,1-2H3,(H,26,32)(H,27,29)(H,30,31). The van der Waals surface area contributed by atoms with Crippen molar-refractivity contribution < 1.29 is 29.1 Å². The van der Waals surface area contributed by atoms with Crippen molar-refractivity contribution in [3.8, 4) is 11.1 Å². The smallest absolute Gasteiger partial charge is 0.407 e. The maximum Gasteiger partial charge on any atom is 0.407 e. The summed E-state index contributed by atoms with van der Waals surface area (Å²) in [5, 5.41) is 11.8. The molecule has 2 unspecified atom stereocenters. The molecule has 3 N–H and O–H groups in total. The number of carbonyl (C=O) groups excluding carboxylic acids is 2. The summed E-state index contributed by atoms with van der Waals surface area (Å²) in [5.74, 6) is -1.98. The van der Waals surface area contributed by atoms with Gasteiger partial charge in [-0.2, -0.15) is 0 Å². The minimum Gasteiger partial charge on any atom is -0.479 e. The average molecular weight is 468 g/mol. The summed E-state index contributed by atoms with van der Waals surface area (Å²) in [5.41, 5.74) is 6.63. The van der Waals surface area contributed by atoms with Crippen LogP contribution < -0.4 is 10.8 Å². The van der Waals surface area contributed by atoms with E-state index in [2.05, 4.69) is 22.9 Å². The van der Waals surface area contributed by atoms with Crippen molar-refractivity contribution >= 4 is 18.0 Å². The first-order valence-electron chi connectivity index (χ1n) is 11.3.